The molecule has 13 nitrogen and oxygen atoms in total. The number of hydrogen-bond donors (Lipinski definition) is 4. The van der Waals surface area contributed by atoms with Crippen LogP contribution in [0.5, 0.6) is 0 Å². The van der Waals surface area contributed by atoms with Gasteiger partial charge in [-0.25, -0.2) is 9.59 Å². The summed E-state index contributed by atoms with van der Waals surface area (Å²) in [6, 6.07) is -1.58. The Morgan fingerprint density at radius 1 is 1.13 bits per heavy atom. The minimum Gasteiger partial charge on any atom is -0.463 e. The highest BCUT2D eigenvalue weighted by Crippen LogP contribution is 2.18. The lowest BCUT2D eigenvalue weighted by Gasteiger charge is -2.36. The van der Waals surface area contributed by atoms with Gasteiger partial charge in [0, 0.05) is 25.7 Å². The van der Waals surface area contributed by atoms with E-state index in [1.165, 1.54) is 0 Å². The van der Waals surface area contributed by atoms with E-state index >= 15 is 0 Å². The first-order valence-electron chi connectivity index (χ1n) is 9.96. The van der Waals surface area contributed by atoms with E-state index in [4.69, 9.17) is 14.4 Å². The van der Waals surface area contributed by atoms with Crippen molar-refractivity contribution in [3.8, 4) is 0 Å². The maximum atomic E-state index is 12.5. The number of amides is 3. The summed E-state index contributed by atoms with van der Waals surface area (Å²) in [5, 5.41) is 15.0. The van der Waals surface area contributed by atoms with Crippen molar-refractivity contribution >= 4 is 28.5 Å². The quantitative estimate of drug-likeness (QED) is 0.326. The third-order valence-corrected chi connectivity index (χ3v) is 5.24. The number of ether oxygens (including phenoxy) is 1. The lowest BCUT2D eigenvalue weighted by atomic mass is 9.98. The van der Waals surface area contributed by atoms with Crippen molar-refractivity contribution in [3.05, 3.63) is 0 Å². The average molecular weight is 467 g/mol. The molecule has 0 aromatic heterocycles. The molecule has 31 heavy (non-hydrogen) atoms. The average Bonchev–Trinajstić information content (AvgIpc) is 2.64. The molecule has 0 aromatic carbocycles. The third-order valence-electron chi connectivity index (χ3n) is 4.89. The van der Waals surface area contributed by atoms with Crippen LogP contribution in [0, 0.1) is 0 Å². The molecule has 0 unspecified atom stereocenters. The smallest absolute Gasteiger partial charge is 0.432 e. The fraction of sp³-hybridized carbons (Fsp3) is 0.824. The van der Waals surface area contributed by atoms with Gasteiger partial charge in [-0.05, 0) is 46.5 Å². The molecule has 3 amide bonds. The van der Waals surface area contributed by atoms with Crippen molar-refractivity contribution in [1.29, 1.82) is 0 Å². The molecule has 2 aliphatic heterocycles. The normalized spacial score (nSPS) is 23.2. The van der Waals surface area contributed by atoms with Gasteiger partial charge in [-0.15, -0.1) is 4.28 Å². The monoisotopic (exact) mass is 466 g/mol. The first kappa shape index (κ1) is 25.1. The number of rotatable bonds is 5. The number of nitrogens with zero attached hydrogens (tertiary/aromatic N) is 2. The highest BCUT2D eigenvalue weighted by molar-refractivity contribution is 7.80. The second-order valence-corrected chi connectivity index (χ2v) is 9.56. The molecule has 2 saturated heterocycles. The summed E-state index contributed by atoms with van der Waals surface area (Å²) in [5.74, 6) is -0.258. The second-order valence-electron chi connectivity index (χ2n) is 8.55. The van der Waals surface area contributed by atoms with Crippen LogP contribution >= 0.6 is 0 Å². The van der Waals surface area contributed by atoms with Crippen LogP contribution < -0.4 is 10.6 Å². The fourth-order valence-electron chi connectivity index (χ4n) is 3.45. The molecule has 0 bridgehead atoms. The molecule has 0 saturated carbocycles. The number of carbonyl (C=O) groups excluding carboxylic acids is 2. The number of hydrogen-bond acceptors (Lipinski definition) is 8. The van der Waals surface area contributed by atoms with E-state index in [1.807, 2.05) is 0 Å². The summed E-state index contributed by atoms with van der Waals surface area (Å²) in [7, 11) is -4.99. The van der Waals surface area contributed by atoms with E-state index in [-0.39, 0.29) is 42.5 Å². The third kappa shape index (κ3) is 8.12. The van der Waals surface area contributed by atoms with Gasteiger partial charge in [0.05, 0.1) is 12.1 Å². The number of carboxylic acid groups (broad SMARTS) is 1. The molecule has 0 spiro atoms. The van der Waals surface area contributed by atoms with E-state index in [9.17, 15) is 22.8 Å². The van der Waals surface area contributed by atoms with Gasteiger partial charge in [0.15, 0.2) is 0 Å². The van der Waals surface area contributed by atoms with Gasteiger partial charge in [-0.2, -0.15) is 13.5 Å². The molecule has 2 aliphatic rings. The summed E-state index contributed by atoms with van der Waals surface area (Å²) >= 11 is 0. The number of hydroxylamine groups is 2. The van der Waals surface area contributed by atoms with Crippen molar-refractivity contribution in [3.63, 3.8) is 0 Å². The fourth-order valence-corrected chi connectivity index (χ4v) is 3.84. The van der Waals surface area contributed by atoms with Crippen molar-refractivity contribution in [2.45, 2.75) is 70.2 Å². The standard InChI is InChI=1S/C17H30N4O9S/c1-17(2,3)29-16(25)20-8-6-11(7-9-20)19-14(22)13-5-4-12(10-18-13)21(15(23)24)30-31(26,27)28/h11-13,18H,4-10H2,1-3H3,(H,19,22)(H,23,24)(H,26,27,28)/t12-,13+/m1/s1. The van der Waals surface area contributed by atoms with Crippen LogP contribution in [-0.4, -0.2) is 89.5 Å². The first-order valence-corrected chi connectivity index (χ1v) is 11.3. The van der Waals surface area contributed by atoms with Crippen molar-refractivity contribution in [1.82, 2.24) is 20.6 Å². The minimum atomic E-state index is -4.99. The van der Waals surface area contributed by atoms with Crippen LogP contribution in [0.2, 0.25) is 0 Å². The maximum absolute atomic E-state index is 12.5. The SMILES string of the molecule is CC(C)(C)OC(=O)N1CCC(NC(=O)[C@@H]2CC[C@@H](N(OS(=O)(=O)O)C(=O)O)CN2)CC1. The van der Waals surface area contributed by atoms with Crippen LogP contribution in [0.1, 0.15) is 46.5 Å². The van der Waals surface area contributed by atoms with Gasteiger partial charge in [0.2, 0.25) is 5.91 Å². The van der Waals surface area contributed by atoms with E-state index < -0.39 is 34.2 Å². The highest BCUT2D eigenvalue weighted by Gasteiger charge is 2.35. The largest absolute Gasteiger partial charge is 0.463 e. The number of piperidine rings is 2. The van der Waals surface area contributed by atoms with Crippen LogP contribution in [0.3, 0.4) is 0 Å². The molecule has 4 N–H and O–H groups in total. The number of carbonyl (C=O) groups is 3. The molecule has 2 rings (SSSR count). The van der Waals surface area contributed by atoms with Gasteiger partial charge >= 0.3 is 22.6 Å². The Morgan fingerprint density at radius 2 is 1.74 bits per heavy atom. The maximum Gasteiger partial charge on any atom is 0.432 e. The van der Waals surface area contributed by atoms with Gasteiger partial charge in [-0.3, -0.25) is 9.35 Å². The molecular formula is C17H30N4O9S. The second kappa shape index (κ2) is 9.97. The molecule has 14 heteroatoms. The molecule has 2 atom stereocenters. The highest BCUT2D eigenvalue weighted by atomic mass is 32.3. The van der Waals surface area contributed by atoms with Crippen LogP contribution in [0.25, 0.3) is 0 Å². The Bertz CT molecular complexity index is 767. The Morgan fingerprint density at radius 3 is 2.19 bits per heavy atom. The molecule has 0 aliphatic carbocycles. The zero-order chi connectivity index (χ0) is 23.4. The predicted molar refractivity (Wildman–Crippen MR) is 106 cm³/mol. The Kier molecular flexibility index (Phi) is 8.08. The summed E-state index contributed by atoms with van der Waals surface area (Å²) < 4.78 is 39.8. The van der Waals surface area contributed by atoms with Crippen molar-refractivity contribution < 1.29 is 41.5 Å². The molecular weight excluding hydrogens is 436 g/mol. The lowest BCUT2D eigenvalue weighted by molar-refractivity contribution is -0.126. The van der Waals surface area contributed by atoms with E-state index in [0.29, 0.717) is 25.9 Å². The zero-order valence-electron chi connectivity index (χ0n) is 17.7. The molecule has 2 fully saturated rings. The minimum absolute atomic E-state index is 0.0308. The van der Waals surface area contributed by atoms with Gasteiger partial charge in [0.25, 0.3) is 0 Å². The molecule has 0 aromatic rings. The van der Waals surface area contributed by atoms with Crippen LogP contribution in [0.4, 0.5) is 9.59 Å². The summed E-state index contributed by atoms with van der Waals surface area (Å²) in [5.41, 5.74) is -0.574. The van der Waals surface area contributed by atoms with Crippen LogP contribution in [0.15, 0.2) is 0 Å². The summed E-state index contributed by atoms with van der Waals surface area (Å²) in [6.07, 6.45) is -0.503. The summed E-state index contributed by atoms with van der Waals surface area (Å²) in [6.45, 7) is 6.27. The Balaban J connectivity index is 1.78. The van der Waals surface area contributed by atoms with E-state index in [2.05, 4.69) is 14.9 Å². The van der Waals surface area contributed by atoms with Gasteiger partial charge < -0.3 is 25.4 Å². The van der Waals surface area contributed by atoms with Crippen molar-refractivity contribution in [2.75, 3.05) is 19.6 Å². The predicted octanol–water partition coefficient (Wildman–Crippen LogP) is 0.337. The van der Waals surface area contributed by atoms with Gasteiger partial charge in [-0.1, -0.05) is 0 Å². The van der Waals surface area contributed by atoms with Gasteiger partial charge in [0.1, 0.15) is 5.60 Å². The van der Waals surface area contributed by atoms with Crippen molar-refractivity contribution in [2.24, 2.45) is 0 Å². The zero-order valence-corrected chi connectivity index (χ0v) is 18.6. The Hall–Kier alpha value is -2.16. The lowest BCUT2D eigenvalue weighted by Crippen LogP contribution is -2.57. The first-order chi connectivity index (χ1) is 14.2. The molecule has 2 heterocycles. The summed E-state index contributed by atoms with van der Waals surface area (Å²) in [4.78, 5) is 37.4. The Labute approximate surface area is 180 Å². The number of nitrogens with one attached hydrogen (secondary N) is 2. The van der Waals surface area contributed by atoms with E-state index in [0.717, 1.165) is 0 Å². The molecule has 0 radical (unpaired) electrons. The van der Waals surface area contributed by atoms with Crippen LogP contribution in [-0.2, 0) is 24.2 Å². The topological polar surface area (TPSA) is 175 Å². The molecule has 178 valence electrons. The van der Waals surface area contributed by atoms with E-state index in [1.54, 1.807) is 25.7 Å². The number of likely N-dealkylation sites (tertiary alicyclic amines) is 1.